The normalized spacial score (nSPS) is 11.4. The molecule has 2 N–H and O–H groups in total. The van der Waals surface area contributed by atoms with E-state index in [2.05, 4.69) is 41.6 Å². The molecular weight excluding hydrogens is 519 g/mol. The quantitative estimate of drug-likeness (QED) is 0.244. The molecule has 4 heterocycles. The third kappa shape index (κ3) is 6.37. The van der Waals surface area contributed by atoms with Crippen molar-refractivity contribution in [3.63, 3.8) is 0 Å². The summed E-state index contributed by atoms with van der Waals surface area (Å²) in [5.74, 6) is 0.155. The van der Waals surface area contributed by atoms with Crippen LogP contribution in [0, 0.1) is 31.1 Å². The van der Waals surface area contributed by atoms with Crippen LogP contribution in [0.15, 0.2) is 79.1 Å². The van der Waals surface area contributed by atoms with Crippen molar-refractivity contribution < 1.29 is 9.18 Å². The summed E-state index contributed by atoms with van der Waals surface area (Å²) in [6, 6.07) is 20.7. The van der Waals surface area contributed by atoms with Gasteiger partial charge in [0.2, 0.25) is 5.95 Å². The van der Waals surface area contributed by atoms with Crippen molar-refractivity contribution in [2.45, 2.75) is 26.8 Å². The Kier molecular flexibility index (Phi) is 7.69. The van der Waals surface area contributed by atoms with E-state index in [1.807, 2.05) is 32.0 Å². The zero-order valence-corrected chi connectivity index (χ0v) is 22.6. The lowest BCUT2D eigenvalue weighted by Gasteiger charge is -2.14. The first kappa shape index (κ1) is 27.0. The molecule has 202 valence electrons. The van der Waals surface area contributed by atoms with Gasteiger partial charge in [0.05, 0.1) is 23.4 Å². The standard InChI is InChI=1S/C31H25FN8O/c1-18-13-29(39-24-6-4-5-21(14-24)15-33)40-30(36-18)23-8-11-27(35-17-23)31(41)38-19(2)22-7-10-26(34-16-22)25-9-12-28(32)37-20(25)3/h4-14,16-17,19H,1-3H3,(H,38,41)(H,36,39,40). The molecule has 0 saturated carbocycles. The van der Waals surface area contributed by atoms with Gasteiger partial charge in [-0.3, -0.25) is 14.8 Å². The fourth-order valence-electron chi connectivity index (χ4n) is 4.21. The number of hydrogen-bond donors (Lipinski definition) is 2. The largest absolute Gasteiger partial charge is 0.344 e. The minimum absolute atomic E-state index is 0.248. The summed E-state index contributed by atoms with van der Waals surface area (Å²) in [6.07, 6.45) is 3.24. The second-order valence-electron chi connectivity index (χ2n) is 9.41. The van der Waals surface area contributed by atoms with Gasteiger partial charge in [-0.15, -0.1) is 0 Å². The number of carbonyl (C=O) groups excluding carboxylic acids is 1. The molecule has 4 aromatic heterocycles. The Morgan fingerprint density at radius 1 is 0.951 bits per heavy atom. The predicted octanol–water partition coefficient (Wildman–Crippen LogP) is 5.86. The highest BCUT2D eigenvalue weighted by Crippen LogP contribution is 2.23. The van der Waals surface area contributed by atoms with Gasteiger partial charge < -0.3 is 10.6 Å². The highest BCUT2D eigenvalue weighted by Gasteiger charge is 2.15. The molecule has 0 radical (unpaired) electrons. The molecule has 0 aliphatic carbocycles. The summed E-state index contributed by atoms with van der Waals surface area (Å²) < 4.78 is 13.3. The molecule has 0 spiro atoms. The summed E-state index contributed by atoms with van der Waals surface area (Å²) in [4.78, 5) is 34.6. The van der Waals surface area contributed by atoms with Crippen LogP contribution in [0.2, 0.25) is 0 Å². The number of amides is 1. The third-order valence-corrected chi connectivity index (χ3v) is 6.33. The molecule has 1 unspecified atom stereocenters. The van der Waals surface area contributed by atoms with Crippen molar-refractivity contribution in [2.24, 2.45) is 0 Å². The fourth-order valence-corrected chi connectivity index (χ4v) is 4.21. The Morgan fingerprint density at radius 2 is 1.80 bits per heavy atom. The van der Waals surface area contributed by atoms with E-state index < -0.39 is 5.95 Å². The Labute approximate surface area is 236 Å². The lowest BCUT2D eigenvalue weighted by atomic mass is 10.1. The van der Waals surface area contributed by atoms with Crippen LogP contribution in [0.5, 0.6) is 0 Å². The molecule has 0 bridgehead atoms. The second-order valence-corrected chi connectivity index (χ2v) is 9.41. The van der Waals surface area contributed by atoms with E-state index in [1.165, 1.54) is 6.07 Å². The maximum atomic E-state index is 13.3. The van der Waals surface area contributed by atoms with Crippen LogP contribution in [0.25, 0.3) is 22.6 Å². The molecule has 0 saturated heterocycles. The highest BCUT2D eigenvalue weighted by atomic mass is 19.1. The molecule has 5 rings (SSSR count). The van der Waals surface area contributed by atoms with Gasteiger partial charge in [-0.25, -0.2) is 15.0 Å². The van der Waals surface area contributed by atoms with Gasteiger partial charge in [0.1, 0.15) is 11.5 Å². The minimum atomic E-state index is -0.534. The molecular formula is C31H25FN8O. The number of rotatable bonds is 7. The lowest BCUT2D eigenvalue weighted by molar-refractivity contribution is 0.0935. The third-order valence-electron chi connectivity index (χ3n) is 6.33. The number of anilines is 2. The monoisotopic (exact) mass is 544 g/mol. The van der Waals surface area contributed by atoms with Gasteiger partial charge in [0, 0.05) is 46.7 Å². The Bertz CT molecular complexity index is 1770. The first-order chi connectivity index (χ1) is 19.8. The molecule has 1 atom stereocenters. The number of carbonyl (C=O) groups is 1. The van der Waals surface area contributed by atoms with E-state index in [9.17, 15) is 9.18 Å². The van der Waals surface area contributed by atoms with Gasteiger partial charge in [0.25, 0.3) is 5.91 Å². The van der Waals surface area contributed by atoms with Crippen LogP contribution >= 0.6 is 0 Å². The molecule has 0 fully saturated rings. The summed E-state index contributed by atoms with van der Waals surface area (Å²) in [7, 11) is 0. The average molecular weight is 545 g/mol. The van der Waals surface area contributed by atoms with Gasteiger partial charge in [-0.1, -0.05) is 12.1 Å². The summed E-state index contributed by atoms with van der Waals surface area (Å²) in [5.41, 5.74) is 5.69. The van der Waals surface area contributed by atoms with Gasteiger partial charge in [0.15, 0.2) is 5.82 Å². The van der Waals surface area contributed by atoms with E-state index in [0.29, 0.717) is 34.2 Å². The Balaban J connectivity index is 1.26. The van der Waals surface area contributed by atoms with Crippen molar-refractivity contribution >= 4 is 17.4 Å². The number of aromatic nitrogens is 5. The Morgan fingerprint density at radius 3 is 2.51 bits per heavy atom. The molecule has 10 heteroatoms. The van der Waals surface area contributed by atoms with Crippen LogP contribution in [0.3, 0.4) is 0 Å². The number of aryl methyl sites for hydroxylation is 2. The van der Waals surface area contributed by atoms with E-state index >= 15 is 0 Å². The lowest BCUT2D eigenvalue weighted by Crippen LogP contribution is -2.27. The van der Waals surface area contributed by atoms with E-state index in [1.54, 1.807) is 61.8 Å². The zero-order chi connectivity index (χ0) is 28.9. The second kappa shape index (κ2) is 11.7. The van der Waals surface area contributed by atoms with Crippen molar-refractivity contribution in [1.29, 1.82) is 5.26 Å². The van der Waals surface area contributed by atoms with E-state index in [0.717, 1.165) is 22.5 Å². The van der Waals surface area contributed by atoms with Crippen LogP contribution in [0.1, 0.15) is 46.0 Å². The minimum Gasteiger partial charge on any atom is -0.344 e. The molecule has 0 aliphatic rings. The summed E-state index contributed by atoms with van der Waals surface area (Å²) in [6.45, 7) is 5.44. The molecule has 5 aromatic rings. The van der Waals surface area contributed by atoms with E-state index in [4.69, 9.17) is 5.26 Å². The van der Waals surface area contributed by atoms with Crippen molar-refractivity contribution in [1.82, 2.24) is 30.2 Å². The van der Waals surface area contributed by atoms with Crippen LogP contribution in [0.4, 0.5) is 15.9 Å². The van der Waals surface area contributed by atoms with E-state index in [-0.39, 0.29) is 17.6 Å². The van der Waals surface area contributed by atoms with Gasteiger partial charge in [-0.05, 0) is 74.9 Å². The maximum Gasteiger partial charge on any atom is 0.270 e. The SMILES string of the molecule is Cc1cc(Nc2cccc(C#N)c2)nc(-c2ccc(C(=O)NC(C)c3ccc(-c4ccc(F)nc4C)nc3)nc2)n1. The predicted molar refractivity (Wildman–Crippen MR) is 152 cm³/mol. The smallest absolute Gasteiger partial charge is 0.270 e. The number of benzene rings is 1. The topological polar surface area (TPSA) is 129 Å². The maximum absolute atomic E-state index is 13.3. The zero-order valence-electron chi connectivity index (χ0n) is 22.6. The van der Waals surface area contributed by atoms with Crippen molar-refractivity contribution in [2.75, 3.05) is 5.32 Å². The molecule has 0 aliphatic heterocycles. The molecule has 41 heavy (non-hydrogen) atoms. The first-order valence-corrected chi connectivity index (χ1v) is 12.8. The Hall–Kier alpha value is -5.56. The van der Waals surface area contributed by atoms with Crippen LogP contribution in [-0.2, 0) is 0 Å². The first-order valence-electron chi connectivity index (χ1n) is 12.8. The molecule has 1 amide bonds. The van der Waals surface area contributed by atoms with Crippen molar-refractivity contribution in [3.05, 3.63) is 113 Å². The number of nitrogens with one attached hydrogen (secondary N) is 2. The number of hydrogen-bond acceptors (Lipinski definition) is 8. The fraction of sp³-hybridized carbons (Fsp3) is 0.129. The van der Waals surface area contributed by atoms with Crippen LogP contribution in [-0.4, -0.2) is 30.8 Å². The van der Waals surface area contributed by atoms with Gasteiger partial charge >= 0.3 is 0 Å². The molecule has 1 aromatic carbocycles. The number of nitriles is 1. The number of halogens is 1. The summed E-state index contributed by atoms with van der Waals surface area (Å²) >= 11 is 0. The average Bonchev–Trinajstić information content (AvgIpc) is 2.97. The van der Waals surface area contributed by atoms with Crippen molar-refractivity contribution in [3.8, 4) is 28.7 Å². The highest BCUT2D eigenvalue weighted by molar-refractivity contribution is 5.92. The number of nitrogens with zero attached hydrogens (tertiary/aromatic N) is 6. The van der Waals surface area contributed by atoms with Gasteiger partial charge in [-0.2, -0.15) is 9.65 Å². The number of pyridine rings is 3. The van der Waals surface area contributed by atoms with Crippen LogP contribution < -0.4 is 10.6 Å². The summed E-state index contributed by atoms with van der Waals surface area (Å²) in [5, 5.41) is 15.3. The molecule has 9 nitrogen and oxygen atoms in total.